The fraction of sp³-hybridized carbons (Fsp3) is 0.783. The standard InChI is InChI=1S/C69H124N14O23/c1-5-6-23-49(48(2)87)76-59(91)30-32-74-64(97)53(43-84)81-65(98)50(26-28-56(70)88)78-67(100)52(31-35-83(3)4)80-69(102)55(45-86)82-66(99)51(27-29-57(71)89)79-68(101)54(44-85)77-60(92)42-75-62(94)47-106-41-39-104-37-34-73-61(93)46-105-40-38-103-36-33-72-58(90)24-21-19-17-15-13-11-9-7-8-10-12-14-16-18-20-22-25-63(95)96/h49-55,84-86H,5-47H2,1-4H3,(H2,70,88)(H2,71,89)(H,72,90)(H,73,93)(H,74,97)(H,75,94)(H,76,91)(H,77,92)(H,78,100)(H,79,101)(H,80,102)(H,81,98)(H,82,99)(H,95,96)/t49-,50-,51-,52-,53-,54+,55-/m0/s1. The van der Waals surface area contributed by atoms with Crippen molar-refractivity contribution in [1.29, 1.82) is 0 Å². The van der Waals surface area contributed by atoms with E-state index in [1.54, 1.807) is 19.0 Å². The molecule has 608 valence electrons. The Morgan fingerprint density at radius 3 is 1.13 bits per heavy atom. The summed E-state index contributed by atoms with van der Waals surface area (Å²) >= 11 is 0. The molecule has 0 rings (SSSR count). The van der Waals surface area contributed by atoms with Crippen LogP contribution in [0.2, 0.25) is 0 Å². The van der Waals surface area contributed by atoms with Crippen molar-refractivity contribution in [2.75, 3.05) is 119 Å². The third-order valence-corrected chi connectivity index (χ3v) is 16.2. The van der Waals surface area contributed by atoms with Gasteiger partial charge in [-0.15, -0.1) is 0 Å². The third kappa shape index (κ3) is 53.7. The number of Topliss-reactive ketones (excluding diaryl/α,β-unsaturated/α-hetero) is 1. The van der Waals surface area contributed by atoms with Gasteiger partial charge in [0.1, 0.15) is 49.5 Å². The van der Waals surface area contributed by atoms with Crippen molar-refractivity contribution in [3.05, 3.63) is 0 Å². The minimum Gasteiger partial charge on any atom is -0.481 e. The zero-order valence-electron chi connectivity index (χ0n) is 62.6. The molecule has 0 aromatic heterocycles. The van der Waals surface area contributed by atoms with Gasteiger partial charge >= 0.3 is 5.97 Å². The lowest BCUT2D eigenvalue weighted by atomic mass is 10.0. The largest absolute Gasteiger partial charge is 0.481 e. The molecule has 106 heavy (non-hydrogen) atoms. The average molecular weight is 1520 g/mol. The van der Waals surface area contributed by atoms with Gasteiger partial charge in [0, 0.05) is 51.7 Å². The molecule has 0 unspecified atom stereocenters. The van der Waals surface area contributed by atoms with Gasteiger partial charge in [0.15, 0.2) is 5.78 Å². The van der Waals surface area contributed by atoms with E-state index >= 15 is 0 Å². The van der Waals surface area contributed by atoms with Crippen molar-refractivity contribution in [3.63, 3.8) is 0 Å². The summed E-state index contributed by atoms with van der Waals surface area (Å²) in [6.07, 6.45) is 18.6. The molecule has 0 aromatic rings. The topological polar surface area (TPSA) is 562 Å². The number of nitrogens with one attached hydrogen (secondary N) is 11. The number of carbonyl (C=O) groups excluding carboxylic acids is 14. The fourth-order valence-corrected chi connectivity index (χ4v) is 10.1. The lowest BCUT2D eigenvalue weighted by Crippen LogP contribution is -2.61. The fourth-order valence-electron chi connectivity index (χ4n) is 10.1. The predicted molar refractivity (Wildman–Crippen MR) is 386 cm³/mol. The molecule has 0 heterocycles. The number of amides is 13. The number of aliphatic hydroxyl groups excluding tert-OH is 3. The second-order valence-corrected chi connectivity index (χ2v) is 25.8. The summed E-state index contributed by atoms with van der Waals surface area (Å²) in [4.78, 5) is 191. The Morgan fingerprint density at radius 1 is 0.349 bits per heavy atom. The molecule has 13 amide bonds. The van der Waals surface area contributed by atoms with Gasteiger partial charge in [-0.25, -0.2) is 0 Å². The number of unbranched alkanes of at least 4 members (excludes halogenated alkanes) is 16. The monoisotopic (exact) mass is 1520 g/mol. The van der Waals surface area contributed by atoms with Crippen molar-refractivity contribution < 1.29 is 111 Å². The van der Waals surface area contributed by atoms with Crippen LogP contribution in [0.15, 0.2) is 0 Å². The second-order valence-electron chi connectivity index (χ2n) is 25.8. The summed E-state index contributed by atoms with van der Waals surface area (Å²) in [5.41, 5.74) is 10.6. The van der Waals surface area contributed by atoms with Crippen molar-refractivity contribution in [2.45, 2.75) is 230 Å². The van der Waals surface area contributed by atoms with Gasteiger partial charge in [0.2, 0.25) is 76.8 Å². The van der Waals surface area contributed by atoms with Crippen LogP contribution in [-0.2, 0) is 90.9 Å². The SMILES string of the molecule is CCCC[C@H](NC(=O)CCNC(=O)[C@H](CO)NC(=O)[C@H](CCC(N)=O)NC(=O)[C@H](CCN(C)C)NC(=O)[C@H](CO)NC(=O)[C@H](CCC(N)=O)NC(=O)[C@@H](CO)NC(=O)CNC(=O)COCCOCCNC(=O)COCCOCCNC(=O)CCCCCCCCCCCCCCCCCCC(=O)O)C(C)=O. The van der Waals surface area contributed by atoms with Gasteiger partial charge in [-0.3, -0.25) is 71.9 Å². The molecule has 19 N–H and O–H groups in total. The molecule has 0 aliphatic rings. The van der Waals surface area contributed by atoms with E-state index in [1.165, 1.54) is 71.1 Å². The second kappa shape index (κ2) is 63.1. The van der Waals surface area contributed by atoms with Crippen molar-refractivity contribution in [3.8, 4) is 0 Å². The first-order valence-electron chi connectivity index (χ1n) is 36.9. The lowest BCUT2D eigenvalue weighted by Gasteiger charge is -2.27. The number of aliphatic carboxylic acids is 1. The number of hydrogen-bond donors (Lipinski definition) is 17. The van der Waals surface area contributed by atoms with Crippen LogP contribution >= 0.6 is 0 Å². The van der Waals surface area contributed by atoms with Crippen LogP contribution in [0.5, 0.6) is 0 Å². The maximum absolute atomic E-state index is 13.9. The molecule has 0 aromatic carbocycles. The van der Waals surface area contributed by atoms with Crippen LogP contribution in [0.3, 0.4) is 0 Å². The first kappa shape index (κ1) is 97.9. The molecule has 0 saturated carbocycles. The molecule has 37 heteroatoms. The first-order valence-corrected chi connectivity index (χ1v) is 36.9. The zero-order chi connectivity index (χ0) is 79.3. The summed E-state index contributed by atoms with van der Waals surface area (Å²) in [5.74, 6) is -12.1. The number of nitrogens with zero attached hydrogens (tertiary/aromatic N) is 1. The van der Waals surface area contributed by atoms with Crippen LogP contribution < -0.4 is 70.0 Å². The van der Waals surface area contributed by atoms with E-state index in [-0.39, 0.29) is 96.1 Å². The molecule has 0 saturated heterocycles. The van der Waals surface area contributed by atoms with Crippen LogP contribution in [0, 0.1) is 0 Å². The Morgan fingerprint density at radius 2 is 0.717 bits per heavy atom. The lowest BCUT2D eigenvalue weighted by molar-refractivity contribution is -0.137. The smallest absolute Gasteiger partial charge is 0.303 e. The number of carboxylic acids is 1. The predicted octanol–water partition coefficient (Wildman–Crippen LogP) is -3.35. The highest BCUT2D eigenvalue weighted by atomic mass is 16.5. The van der Waals surface area contributed by atoms with E-state index in [1.807, 2.05) is 6.92 Å². The van der Waals surface area contributed by atoms with Gasteiger partial charge in [0.25, 0.3) is 0 Å². The van der Waals surface area contributed by atoms with Crippen LogP contribution in [0.1, 0.15) is 187 Å². The molecule has 0 spiro atoms. The van der Waals surface area contributed by atoms with Gasteiger partial charge in [0.05, 0.1) is 72.0 Å². The molecule has 7 atom stereocenters. The highest BCUT2D eigenvalue weighted by Gasteiger charge is 2.34. The Balaban J connectivity index is 4.88. The third-order valence-electron chi connectivity index (χ3n) is 16.2. The number of carbonyl (C=O) groups is 15. The minimum atomic E-state index is -1.87. The molecule has 0 fully saturated rings. The van der Waals surface area contributed by atoms with E-state index in [2.05, 4.69) is 58.5 Å². The Hall–Kier alpha value is -8.07. The van der Waals surface area contributed by atoms with Gasteiger partial charge in [-0.2, -0.15) is 0 Å². The molecule has 0 radical (unpaired) electrons. The van der Waals surface area contributed by atoms with Crippen LogP contribution in [0.4, 0.5) is 0 Å². The first-order chi connectivity index (χ1) is 50.7. The van der Waals surface area contributed by atoms with Crippen molar-refractivity contribution in [1.82, 2.24) is 63.4 Å². The Labute approximate surface area is 621 Å². The van der Waals surface area contributed by atoms with Crippen molar-refractivity contribution in [2.24, 2.45) is 11.5 Å². The maximum Gasteiger partial charge on any atom is 0.303 e. The summed E-state index contributed by atoms with van der Waals surface area (Å²) < 4.78 is 21.4. The summed E-state index contributed by atoms with van der Waals surface area (Å²) in [6.45, 7) is -0.169. The number of nitrogens with two attached hydrogens (primary N) is 2. The highest BCUT2D eigenvalue weighted by Crippen LogP contribution is 2.15. The van der Waals surface area contributed by atoms with Crippen LogP contribution in [-0.4, -0.2) is 276 Å². The van der Waals surface area contributed by atoms with Crippen molar-refractivity contribution >= 4 is 88.5 Å². The zero-order valence-corrected chi connectivity index (χ0v) is 62.6. The molecular formula is C69H124N14O23. The summed E-state index contributed by atoms with van der Waals surface area (Å²) in [7, 11) is 3.25. The average Bonchev–Trinajstić information content (AvgIpc) is 0.859. The number of ketones is 1. The highest BCUT2D eigenvalue weighted by molar-refractivity contribution is 5.98. The minimum absolute atomic E-state index is 0.0138. The van der Waals surface area contributed by atoms with E-state index in [4.69, 9.17) is 35.5 Å². The number of ether oxygens (including phenoxy) is 4. The van der Waals surface area contributed by atoms with Crippen LogP contribution in [0.25, 0.3) is 0 Å². The number of primary amides is 2. The quantitative estimate of drug-likeness (QED) is 0.0265. The van der Waals surface area contributed by atoms with Gasteiger partial charge in [-0.1, -0.05) is 110 Å². The van der Waals surface area contributed by atoms with Gasteiger partial charge in [-0.05, 0) is 66.1 Å². The van der Waals surface area contributed by atoms with Gasteiger partial charge < -0.3 is 114 Å². The molecular weight excluding hydrogens is 1390 g/mol. The molecule has 0 aliphatic carbocycles. The molecule has 0 bridgehead atoms. The molecule has 0 aliphatic heterocycles. The number of hydrogen-bond acceptors (Lipinski definition) is 23. The Bertz CT molecular complexity index is 2630. The number of aliphatic hydroxyl groups is 3. The van der Waals surface area contributed by atoms with E-state index in [0.29, 0.717) is 32.4 Å². The maximum atomic E-state index is 13.9. The number of carboxylic acid groups (broad SMARTS) is 1. The summed E-state index contributed by atoms with van der Waals surface area (Å²) in [5, 5.41) is 65.4. The summed E-state index contributed by atoms with van der Waals surface area (Å²) in [6, 6.07) is -10.9. The van der Waals surface area contributed by atoms with E-state index in [9.17, 15) is 87.2 Å². The normalized spacial score (nSPS) is 13.1. The van der Waals surface area contributed by atoms with E-state index < -0.39 is 172 Å². The Kier molecular flexibility index (Phi) is 58.3. The van der Waals surface area contributed by atoms with E-state index in [0.717, 1.165) is 44.9 Å². The molecule has 37 nitrogen and oxygen atoms in total. The number of rotatable bonds is 69.